The van der Waals surface area contributed by atoms with Gasteiger partial charge < -0.3 is 10.5 Å². The fraction of sp³-hybridized carbons (Fsp3) is 0.300. The molecule has 1 atom stereocenters. The Morgan fingerprint density at radius 2 is 2.25 bits per heavy atom. The maximum absolute atomic E-state index is 13.1. The van der Waals surface area contributed by atoms with Crippen molar-refractivity contribution in [3.05, 3.63) is 34.1 Å². The first-order chi connectivity index (χ1) is 7.06. The molecule has 1 aromatic carbocycles. The molecule has 0 unspecified atom stereocenters. The van der Waals surface area contributed by atoms with Gasteiger partial charge in [0.2, 0.25) is 0 Å². The summed E-state index contributed by atoms with van der Waals surface area (Å²) in [6.07, 6.45) is 0.0263. The predicted molar refractivity (Wildman–Crippen MR) is 64.9 cm³/mol. The fourth-order valence-electron chi connectivity index (χ4n) is 1.18. The average Bonchev–Trinajstić information content (AvgIpc) is 2.21. The Balaban J connectivity index is 0.00000225. The Labute approximate surface area is 108 Å². The van der Waals surface area contributed by atoms with Crippen LogP contribution in [0.4, 0.5) is 4.39 Å². The van der Waals surface area contributed by atoms with Gasteiger partial charge in [-0.15, -0.1) is 12.4 Å². The van der Waals surface area contributed by atoms with Crippen LogP contribution in [-0.4, -0.2) is 13.1 Å². The summed E-state index contributed by atoms with van der Waals surface area (Å²) in [5.74, 6) is -0.813. The quantitative estimate of drug-likeness (QED) is 0.873. The molecule has 0 saturated heterocycles. The summed E-state index contributed by atoms with van der Waals surface area (Å²) < 4.78 is 17.9. The van der Waals surface area contributed by atoms with Crippen LogP contribution in [-0.2, 0) is 9.53 Å². The molecule has 0 aliphatic carbocycles. The van der Waals surface area contributed by atoms with E-state index >= 15 is 0 Å². The van der Waals surface area contributed by atoms with E-state index in [0.717, 1.165) is 0 Å². The van der Waals surface area contributed by atoms with Crippen molar-refractivity contribution in [2.75, 3.05) is 7.11 Å². The molecule has 0 amide bonds. The molecule has 0 aromatic heterocycles. The molecular weight excluding hydrogens is 300 g/mol. The van der Waals surface area contributed by atoms with Crippen molar-refractivity contribution >= 4 is 34.3 Å². The third-order valence-electron chi connectivity index (χ3n) is 2.00. The van der Waals surface area contributed by atoms with E-state index in [0.29, 0.717) is 10.0 Å². The van der Waals surface area contributed by atoms with E-state index in [-0.39, 0.29) is 18.8 Å². The smallest absolute Gasteiger partial charge is 0.307 e. The Hall–Kier alpha value is -0.650. The molecule has 0 spiro atoms. The van der Waals surface area contributed by atoms with E-state index in [1.54, 1.807) is 12.1 Å². The first-order valence-corrected chi connectivity index (χ1v) is 5.12. The van der Waals surface area contributed by atoms with Gasteiger partial charge in [0.15, 0.2) is 0 Å². The Morgan fingerprint density at radius 1 is 1.62 bits per heavy atom. The van der Waals surface area contributed by atoms with Gasteiger partial charge in [-0.2, -0.15) is 0 Å². The molecule has 1 aromatic rings. The minimum atomic E-state index is -0.567. The number of carbonyl (C=O) groups is 1. The van der Waals surface area contributed by atoms with Crippen LogP contribution in [0, 0.1) is 5.82 Å². The Morgan fingerprint density at radius 3 is 2.81 bits per heavy atom. The van der Waals surface area contributed by atoms with Crippen molar-refractivity contribution in [1.29, 1.82) is 0 Å². The molecule has 90 valence electrons. The van der Waals surface area contributed by atoms with Gasteiger partial charge >= 0.3 is 5.97 Å². The molecule has 0 saturated carbocycles. The van der Waals surface area contributed by atoms with E-state index in [9.17, 15) is 9.18 Å². The molecule has 0 radical (unpaired) electrons. The van der Waals surface area contributed by atoms with Crippen LogP contribution in [0.25, 0.3) is 0 Å². The molecule has 0 bridgehead atoms. The van der Waals surface area contributed by atoms with E-state index in [1.165, 1.54) is 13.2 Å². The van der Waals surface area contributed by atoms with E-state index in [2.05, 4.69) is 20.7 Å². The summed E-state index contributed by atoms with van der Waals surface area (Å²) in [4.78, 5) is 11.0. The lowest BCUT2D eigenvalue weighted by atomic mass is 10.0. The number of hydrogen-bond donors (Lipinski definition) is 1. The maximum Gasteiger partial charge on any atom is 0.307 e. The van der Waals surface area contributed by atoms with Crippen LogP contribution < -0.4 is 5.73 Å². The van der Waals surface area contributed by atoms with Gasteiger partial charge in [0.25, 0.3) is 0 Å². The van der Waals surface area contributed by atoms with Crippen LogP contribution >= 0.6 is 28.3 Å². The van der Waals surface area contributed by atoms with Crippen molar-refractivity contribution in [3.8, 4) is 0 Å². The number of ether oxygens (including phenoxy) is 1. The molecular formula is C10H12BrClFNO2. The Bertz CT molecular complexity index is 376. The number of esters is 1. The van der Waals surface area contributed by atoms with Gasteiger partial charge in [0.1, 0.15) is 5.82 Å². The molecule has 0 aliphatic heterocycles. The minimum absolute atomic E-state index is 0. The zero-order valence-corrected chi connectivity index (χ0v) is 11.0. The van der Waals surface area contributed by atoms with Gasteiger partial charge in [-0.05, 0) is 27.6 Å². The molecule has 16 heavy (non-hydrogen) atoms. The summed E-state index contributed by atoms with van der Waals surface area (Å²) in [7, 11) is 1.29. The largest absolute Gasteiger partial charge is 0.469 e. The fourth-order valence-corrected chi connectivity index (χ4v) is 1.74. The highest BCUT2D eigenvalue weighted by Gasteiger charge is 2.16. The van der Waals surface area contributed by atoms with Crippen LogP contribution in [0.2, 0.25) is 0 Å². The van der Waals surface area contributed by atoms with Crippen molar-refractivity contribution in [2.45, 2.75) is 12.5 Å². The maximum atomic E-state index is 13.1. The van der Waals surface area contributed by atoms with Gasteiger partial charge in [0, 0.05) is 6.04 Å². The van der Waals surface area contributed by atoms with E-state index in [4.69, 9.17) is 5.73 Å². The van der Waals surface area contributed by atoms with E-state index < -0.39 is 17.8 Å². The van der Waals surface area contributed by atoms with Crippen LogP contribution in [0.15, 0.2) is 22.7 Å². The standard InChI is InChI=1S/C10H11BrFNO2.ClH/c1-15-9(14)5-8(13)6-3-2-4-7(12)10(6)11;/h2-4,8H,5,13H2,1H3;1H/t8-;/m0./s1. The minimum Gasteiger partial charge on any atom is -0.469 e. The highest BCUT2D eigenvalue weighted by molar-refractivity contribution is 9.10. The van der Waals surface area contributed by atoms with Gasteiger partial charge in [-0.25, -0.2) is 4.39 Å². The normalized spacial score (nSPS) is 11.5. The summed E-state index contributed by atoms with van der Waals surface area (Å²) in [6.45, 7) is 0. The number of benzene rings is 1. The average molecular weight is 313 g/mol. The SMILES string of the molecule is COC(=O)C[C@H](N)c1cccc(F)c1Br.Cl. The first kappa shape index (κ1) is 15.3. The molecule has 0 aliphatic rings. The van der Waals surface area contributed by atoms with Crippen molar-refractivity contribution in [2.24, 2.45) is 5.73 Å². The summed E-state index contributed by atoms with van der Waals surface area (Å²) in [6, 6.07) is 3.97. The molecule has 2 N–H and O–H groups in total. The second-order valence-electron chi connectivity index (χ2n) is 3.03. The molecule has 1 rings (SSSR count). The summed E-state index contributed by atoms with van der Waals surface area (Å²) >= 11 is 3.09. The first-order valence-electron chi connectivity index (χ1n) is 4.32. The third-order valence-corrected chi connectivity index (χ3v) is 2.83. The van der Waals surface area contributed by atoms with Crippen LogP contribution in [0.3, 0.4) is 0 Å². The molecule has 3 nitrogen and oxygen atoms in total. The molecule has 0 heterocycles. The molecule has 0 fully saturated rings. The third kappa shape index (κ3) is 3.73. The predicted octanol–water partition coefficient (Wildman–Crippen LogP) is 2.57. The zero-order valence-electron chi connectivity index (χ0n) is 8.57. The van der Waals surface area contributed by atoms with Crippen molar-refractivity contribution in [1.82, 2.24) is 0 Å². The summed E-state index contributed by atoms with van der Waals surface area (Å²) in [5.41, 5.74) is 6.30. The topological polar surface area (TPSA) is 52.3 Å². The van der Waals surface area contributed by atoms with Gasteiger partial charge in [0.05, 0.1) is 18.0 Å². The second-order valence-corrected chi connectivity index (χ2v) is 3.82. The lowest BCUT2D eigenvalue weighted by molar-refractivity contribution is -0.141. The van der Waals surface area contributed by atoms with Crippen LogP contribution in [0.5, 0.6) is 0 Å². The zero-order chi connectivity index (χ0) is 11.4. The van der Waals surface area contributed by atoms with E-state index in [1.807, 2.05) is 0 Å². The van der Waals surface area contributed by atoms with Crippen molar-refractivity contribution in [3.63, 3.8) is 0 Å². The van der Waals surface area contributed by atoms with Crippen molar-refractivity contribution < 1.29 is 13.9 Å². The molecule has 6 heteroatoms. The number of hydrogen-bond acceptors (Lipinski definition) is 3. The number of carbonyl (C=O) groups excluding carboxylic acids is 1. The van der Waals surface area contributed by atoms with Gasteiger partial charge in [-0.3, -0.25) is 4.79 Å². The lowest BCUT2D eigenvalue weighted by Gasteiger charge is -2.12. The monoisotopic (exact) mass is 311 g/mol. The highest BCUT2D eigenvalue weighted by atomic mass is 79.9. The van der Waals surface area contributed by atoms with Gasteiger partial charge in [-0.1, -0.05) is 12.1 Å². The second kappa shape index (κ2) is 6.83. The number of nitrogens with two attached hydrogens (primary N) is 1. The number of methoxy groups -OCH3 is 1. The number of rotatable bonds is 3. The summed E-state index contributed by atoms with van der Waals surface area (Å²) in [5, 5.41) is 0. The highest BCUT2D eigenvalue weighted by Crippen LogP contribution is 2.26. The Kier molecular flexibility index (Phi) is 6.55. The number of halogens is 3. The lowest BCUT2D eigenvalue weighted by Crippen LogP contribution is -2.17. The van der Waals surface area contributed by atoms with Crippen LogP contribution in [0.1, 0.15) is 18.0 Å².